The topological polar surface area (TPSA) is 86.7 Å². The largest absolute Gasteiger partial charge is 0.480 e. The quantitative estimate of drug-likeness (QED) is 0.636. The Morgan fingerprint density at radius 3 is 2.38 bits per heavy atom. The van der Waals surface area contributed by atoms with Crippen LogP contribution in [-0.4, -0.2) is 47.4 Å². The van der Waals surface area contributed by atoms with E-state index in [0.717, 1.165) is 0 Å². The monoisotopic (exact) mass is 230 g/mol. The van der Waals surface area contributed by atoms with Crippen LogP contribution in [0.25, 0.3) is 0 Å². The van der Waals surface area contributed by atoms with Crippen LogP contribution in [0.3, 0.4) is 0 Å². The first-order chi connectivity index (χ1) is 7.47. The van der Waals surface area contributed by atoms with Gasteiger partial charge in [-0.2, -0.15) is 0 Å². The van der Waals surface area contributed by atoms with Gasteiger partial charge in [0.2, 0.25) is 11.8 Å². The van der Waals surface area contributed by atoms with Crippen molar-refractivity contribution in [2.24, 2.45) is 0 Å². The minimum Gasteiger partial charge on any atom is -0.480 e. The number of carboxylic acid groups (broad SMARTS) is 1. The normalized spacial score (nSPS) is 9.62. The second-order valence-electron chi connectivity index (χ2n) is 3.44. The summed E-state index contributed by atoms with van der Waals surface area (Å²) in [5, 5.41) is 11.1. The van der Waals surface area contributed by atoms with Crippen molar-refractivity contribution in [3.63, 3.8) is 0 Å². The number of nitrogens with one attached hydrogen (secondary N) is 1. The summed E-state index contributed by atoms with van der Waals surface area (Å²) in [5.41, 5.74) is 0. The van der Waals surface area contributed by atoms with Crippen molar-refractivity contribution in [3.05, 3.63) is 0 Å². The van der Waals surface area contributed by atoms with E-state index in [1.807, 2.05) is 6.92 Å². The molecule has 92 valence electrons. The van der Waals surface area contributed by atoms with E-state index in [-0.39, 0.29) is 31.3 Å². The Morgan fingerprint density at radius 2 is 1.94 bits per heavy atom. The van der Waals surface area contributed by atoms with E-state index in [1.54, 1.807) is 0 Å². The highest BCUT2D eigenvalue weighted by atomic mass is 16.4. The van der Waals surface area contributed by atoms with Crippen molar-refractivity contribution in [2.45, 2.75) is 26.7 Å². The molecule has 0 saturated heterocycles. The van der Waals surface area contributed by atoms with Crippen LogP contribution in [0.15, 0.2) is 0 Å². The predicted octanol–water partition coefficient (Wildman–Crippen LogP) is -0.164. The maximum absolute atomic E-state index is 11.6. The lowest BCUT2D eigenvalue weighted by Gasteiger charge is -2.19. The summed E-state index contributed by atoms with van der Waals surface area (Å²) < 4.78 is 0. The standard InChI is InChI=1S/C10H18N2O4/c1-3-6-12(7-10(15)16)9(14)4-5-11-8(2)13/h3-7H2,1-2H3,(H,11,13)(H,15,16). The summed E-state index contributed by atoms with van der Waals surface area (Å²) in [7, 11) is 0. The molecule has 0 aliphatic rings. The number of rotatable bonds is 7. The molecule has 0 aromatic heterocycles. The highest BCUT2D eigenvalue weighted by Crippen LogP contribution is 1.96. The summed E-state index contributed by atoms with van der Waals surface area (Å²) in [4.78, 5) is 33.9. The van der Waals surface area contributed by atoms with Gasteiger partial charge in [0.05, 0.1) is 0 Å². The summed E-state index contributed by atoms with van der Waals surface area (Å²) in [6, 6.07) is 0. The number of hydrogen-bond acceptors (Lipinski definition) is 3. The SMILES string of the molecule is CCCN(CC(=O)O)C(=O)CCNC(C)=O. The number of carbonyl (C=O) groups excluding carboxylic acids is 2. The predicted molar refractivity (Wildman–Crippen MR) is 57.8 cm³/mol. The molecule has 2 N–H and O–H groups in total. The van der Waals surface area contributed by atoms with Crippen LogP contribution in [0.4, 0.5) is 0 Å². The first-order valence-electron chi connectivity index (χ1n) is 5.21. The van der Waals surface area contributed by atoms with Crippen LogP contribution >= 0.6 is 0 Å². The van der Waals surface area contributed by atoms with Gasteiger partial charge < -0.3 is 15.3 Å². The third-order valence-corrected chi connectivity index (χ3v) is 1.89. The first-order valence-corrected chi connectivity index (χ1v) is 5.21. The molecule has 0 fully saturated rings. The van der Waals surface area contributed by atoms with Gasteiger partial charge in [0.25, 0.3) is 0 Å². The molecule has 16 heavy (non-hydrogen) atoms. The third kappa shape index (κ3) is 6.80. The molecule has 2 amide bonds. The first kappa shape index (κ1) is 14.4. The molecule has 0 aromatic carbocycles. The maximum Gasteiger partial charge on any atom is 0.323 e. The van der Waals surface area contributed by atoms with Gasteiger partial charge in [-0.05, 0) is 6.42 Å². The van der Waals surface area contributed by atoms with Gasteiger partial charge in [0.15, 0.2) is 0 Å². The molecule has 0 saturated carbocycles. The smallest absolute Gasteiger partial charge is 0.323 e. The van der Waals surface area contributed by atoms with E-state index in [4.69, 9.17) is 5.11 Å². The van der Waals surface area contributed by atoms with Crippen LogP contribution < -0.4 is 5.32 Å². The number of hydrogen-bond donors (Lipinski definition) is 2. The zero-order valence-corrected chi connectivity index (χ0v) is 9.65. The molecule has 6 heteroatoms. The van der Waals surface area contributed by atoms with Gasteiger partial charge in [-0.1, -0.05) is 6.92 Å². The molecule has 0 aliphatic carbocycles. The lowest BCUT2D eigenvalue weighted by molar-refractivity contribution is -0.144. The lowest BCUT2D eigenvalue weighted by Crippen LogP contribution is -2.38. The molecule has 0 rings (SSSR count). The molecule has 0 aromatic rings. The van der Waals surface area contributed by atoms with E-state index in [0.29, 0.717) is 13.0 Å². The number of amides is 2. The Balaban J connectivity index is 4.05. The van der Waals surface area contributed by atoms with E-state index >= 15 is 0 Å². The fourth-order valence-electron chi connectivity index (χ4n) is 1.23. The van der Waals surface area contributed by atoms with Crippen molar-refractivity contribution < 1.29 is 19.5 Å². The molecule has 0 radical (unpaired) electrons. The molecule has 0 unspecified atom stereocenters. The summed E-state index contributed by atoms with van der Waals surface area (Å²) in [6.45, 7) is 3.62. The van der Waals surface area contributed by atoms with Crippen LogP contribution in [-0.2, 0) is 14.4 Å². The Kier molecular flexibility index (Phi) is 6.91. The minimum absolute atomic E-state index is 0.132. The van der Waals surface area contributed by atoms with Gasteiger partial charge >= 0.3 is 5.97 Å². The number of nitrogens with zero attached hydrogens (tertiary/aromatic N) is 1. The van der Waals surface area contributed by atoms with Crippen molar-refractivity contribution in [1.82, 2.24) is 10.2 Å². The Labute approximate surface area is 94.6 Å². The van der Waals surface area contributed by atoms with Gasteiger partial charge in [-0.3, -0.25) is 14.4 Å². The van der Waals surface area contributed by atoms with Crippen molar-refractivity contribution >= 4 is 17.8 Å². The summed E-state index contributed by atoms with van der Waals surface area (Å²) in [5.74, 6) is -1.48. The highest BCUT2D eigenvalue weighted by Gasteiger charge is 2.15. The fourth-order valence-corrected chi connectivity index (χ4v) is 1.23. The second-order valence-corrected chi connectivity index (χ2v) is 3.44. The van der Waals surface area contributed by atoms with Gasteiger partial charge in [0.1, 0.15) is 6.54 Å². The van der Waals surface area contributed by atoms with Gasteiger partial charge in [0, 0.05) is 26.4 Å². The molecule has 0 atom stereocenters. The Bertz CT molecular complexity index is 266. The molecular weight excluding hydrogens is 212 g/mol. The zero-order chi connectivity index (χ0) is 12.6. The summed E-state index contributed by atoms with van der Waals surface area (Å²) in [6.07, 6.45) is 0.839. The molecular formula is C10H18N2O4. The Hall–Kier alpha value is -1.59. The van der Waals surface area contributed by atoms with Crippen LogP contribution in [0.5, 0.6) is 0 Å². The lowest BCUT2D eigenvalue weighted by atomic mass is 10.3. The molecule has 0 bridgehead atoms. The van der Waals surface area contributed by atoms with Gasteiger partial charge in [-0.15, -0.1) is 0 Å². The average molecular weight is 230 g/mol. The average Bonchev–Trinajstić information content (AvgIpc) is 2.15. The molecule has 0 aliphatic heterocycles. The molecule has 0 spiro atoms. The van der Waals surface area contributed by atoms with E-state index in [9.17, 15) is 14.4 Å². The van der Waals surface area contributed by atoms with Crippen LogP contribution in [0, 0.1) is 0 Å². The highest BCUT2D eigenvalue weighted by molar-refractivity contribution is 5.82. The van der Waals surface area contributed by atoms with E-state index < -0.39 is 5.97 Å². The van der Waals surface area contributed by atoms with Crippen molar-refractivity contribution in [1.29, 1.82) is 0 Å². The van der Waals surface area contributed by atoms with Crippen molar-refractivity contribution in [3.8, 4) is 0 Å². The molecule has 6 nitrogen and oxygen atoms in total. The fraction of sp³-hybridized carbons (Fsp3) is 0.700. The number of carboxylic acids is 1. The maximum atomic E-state index is 11.6. The molecule has 0 heterocycles. The summed E-state index contributed by atoms with van der Waals surface area (Å²) >= 11 is 0. The van der Waals surface area contributed by atoms with Crippen LogP contribution in [0.2, 0.25) is 0 Å². The van der Waals surface area contributed by atoms with E-state index in [1.165, 1.54) is 11.8 Å². The van der Waals surface area contributed by atoms with E-state index in [2.05, 4.69) is 5.32 Å². The second kappa shape index (κ2) is 7.67. The zero-order valence-electron chi connectivity index (χ0n) is 9.65. The third-order valence-electron chi connectivity index (χ3n) is 1.89. The van der Waals surface area contributed by atoms with Crippen LogP contribution in [0.1, 0.15) is 26.7 Å². The minimum atomic E-state index is -1.03. The number of aliphatic carboxylic acids is 1. The number of carbonyl (C=O) groups is 3. The van der Waals surface area contributed by atoms with Gasteiger partial charge in [-0.25, -0.2) is 0 Å². The van der Waals surface area contributed by atoms with Crippen molar-refractivity contribution in [2.75, 3.05) is 19.6 Å². The Morgan fingerprint density at radius 1 is 1.31 bits per heavy atom.